The summed E-state index contributed by atoms with van der Waals surface area (Å²) in [5.74, 6) is 0.0368. The average Bonchev–Trinajstić information content (AvgIpc) is 3.41. The minimum Gasteiger partial charge on any atom is -0.390 e. The smallest absolute Gasteiger partial charge is 0.231 e. The number of nitrogens with zero attached hydrogens (tertiary/aromatic N) is 3. The summed E-state index contributed by atoms with van der Waals surface area (Å²) in [6.07, 6.45) is 1.53. The fourth-order valence-electron chi connectivity index (χ4n) is 4.88. The lowest BCUT2D eigenvalue weighted by Crippen LogP contribution is -2.56. The molecule has 2 fully saturated rings. The van der Waals surface area contributed by atoms with Crippen LogP contribution in [0.5, 0.6) is 0 Å². The molecule has 6 nitrogen and oxygen atoms in total. The van der Waals surface area contributed by atoms with Crippen LogP contribution in [0, 0.1) is 0 Å². The van der Waals surface area contributed by atoms with Gasteiger partial charge in [0.2, 0.25) is 11.7 Å². The molecular weight excluding hydrogens is 354 g/mol. The Morgan fingerprint density at radius 3 is 2.46 bits per heavy atom. The van der Waals surface area contributed by atoms with Crippen LogP contribution in [0.1, 0.15) is 40.5 Å². The Bertz CT molecular complexity index is 901. The molecular formula is C22H25N3O3. The molecule has 0 radical (unpaired) electrons. The quantitative estimate of drug-likeness (QED) is 0.818. The topological polar surface area (TPSA) is 65.8 Å². The molecule has 0 aliphatic carbocycles. The molecule has 3 aliphatic rings. The number of benzene rings is 1. The highest BCUT2D eigenvalue weighted by atomic mass is 16.3. The SMILES string of the molecule is O=C(c1ccccc1)c1ccc2n1CCC2C(=O)N1CCC(N2CC(O)C2)C1. The summed E-state index contributed by atoms with van der Waals surface area (Å²) < 4.78 is 2.03. The van der Waals surface area contributed by atoms with E-state index >= 15 is 0 Å². The molecule has 0 saturated carbocycles. The molecule has 4 heterocycles. The van der Waals surface area contributed by atoms with Crippen molar-refractivity contribution in [1.29, 1.82) is 0 Å². The average molecular weight is 379 g/mol. The van der Waals surface area contributed by atoms with Gasteiger partial charge in [0.05, 0.1) is 17.7 Å². The second-order valence-corrected chi connectivity index (χ2v) is 8.17. The first-order valence-corrected chi connectivity index (χ1v) is 10.1. The zero-order valence-corrected chi connectivity index (χ0v) is 15.8. The van der Waals surface area contributed by atoms with E-state index in [9.17, 15) is 14.7 Å². The number of likely N-dealkylation sites (tertiary alicyclic amines) is 2. The molecule has 28 heavy (non-hydrogen) atoms. The molecule has 1 aromatic heterocycles. The first kappa shape index (κ1) is 17.6. The predicted molar refractivity (Wildman–Crippen MR) is 104 cm³/mol. The molecule has 2 aromatic rings. The standard InChI is InChI=1S/C22H25N3O3/c26-17-13-24(14-17)16-8-10-23(12-16)22(28)18-9-11-25-19(18)6-7-20(25)21(27)15-4-2-1-3-5-15/h1-7,16-18,26H,8-14H2. The third-order valence-electron chi connectivity index (χ3n) is 6.46. The second-order valence-electron chi connectivity index (χ2n) is 8.17. The summed E-state index contributed by atoms with van der Waals surface area (Å²) in [7, 11) is 0. The summed E-state index contributed by atoms with van der Waals surface area (Å²) in [5, 5.41) is 9.51. The maximum atomic E-state index is 13.2. The maximum absolute atomic E-state index is 13.2. The largest absolute Gasteiger partial charge is 0.390 e. The van der Waals surface area contributed by atoms with Crippen molar-refractivity contribution < 1.29 is 14.7 Å². The molecule has 5 rings (SSSR count). The Labute approximate surface area is 164 Å². The number of ketones is 1. The van der Waals surface area contributed by atoms with Crippen molar-refractivity contribution in [1.82, 2.24) is 14.4 Å². The molecule has 0 bridgehead atoms. The van der Waals surface area contributed by atoms with Crippen molar-refractivity contribution in [3.8, 4) is 0 Å². The Kier molecular flexibility index (Phi) is 4.33. The Balaban J connectivity index is 1.30. The highest BCUT2D eigenvalue weighted by Crippen LogP contribution is 2.34. The van der Waals surface area contributed by atoms with Gasteiger partial charge in [0, 0.05) is 50.0 Å². The summed E-state index contributed by atoms with van der Waals surface area (Å²) >= 11 is 0. The number of aliphatic hydroxyl groups excluding tert-OH is 1. The fraction of sp³-hybridized carbons (Fsp3) is 0.455. The fourth-order valence-corrected chi connectivity index (χ4v) is 4.88. The van der Waals surface area contributed by atoms with Crippen molar-refractivity contribution in [2.45, 2.75) is 37.5 Å². The van der Waals surface area contributed by atoms with Gasteiger partial charge in [0.25, 0.3) is 0 Å². The zero-order chi connectivity index (χ0) is 19.3. The lowest BCUT2D eigenvalue weighted by atomic mass is 10.0. The Morgan fingerprint density at radius 1 is 0.929 bits per heavy atom. The number of hydrogen-bond donors (Lipinski definition) is 1. The molecule has 3 aliphatic heterocycles. The first-order chi connectivity index (χ1) is 13.6. The zero-order valence-electron chi connectivity index (χ0n) is 15.8. The number of rotatable bonds is 4. The van der Waals surface area contributed by atoms with Gasteiger partial charge in [-0.15, -0.1) is 0 Å². The molecule has 2 unspecified atom stereocenters. The Morgan fingerprint density at radius 2 is 1.71 bits per heavy atom. The number of aromatic nitrogens is 1. The van der Waals surface area contributed by atoms with E-state index < -0.39 is 0 Å². The molecule has 2 saturated heterocycles. The minimum absolute atomic E-state index is 0.0116. The van der Waals surface area contributed by atoms with Crippen LogP contribution in [0.15, 0.2) is 42.5 Å². The monoisotopic (exact) mass is 379 g/mol. The minimum atomic E-state index is -0.205. The molecule has 1 N–H and O–H groups in total. The summed E-state index contributed by atoms with van der Waals surface area (Å²) in [4.78, 5) is 30.2. The Hall–Kier alpha value is -2.44. The van der Waals surface area contributed by atoms with Gasteiger partial charge in [-0.1, -0.05) is 30.3 Å². The normalized spacial score (nSPS) is 25.0. The highest BCUT2D eigenvalue weighted by Gasteiger charge is 2.40. The molecule has 2 atom stereocenters. The van der Waals surface area contributed by atoms with Gasteiger partial charge in [0.1, 0.15) is 0 Å². The number of amides is 1. The van der Waals surface area contributed by atoms with Crippen molar-refractivity contribution in [3.63, 3.8) is 0 Å². The van der Waals surface area contributed by atoms with Crippen LogP contribution in [0.4, 0.5) is 0 Å². The van der Waals surface area contributed by atoms with Gasteiger partial charge in [-0.3, -0.25) is 14.5 Å². The highest BCUT2D eigenvalue weighted by molar-refractivity contribution is 6.08. The van der Waals surface area contributed by atoms with E-state index in [1.165, 1.54) is 0 Å². The van der Waals surface area contributed by atoms with Crippen LogP contribution in [0.2, 0.25) is 0 Å². The maximum Gasteiger partial charge on any atom is 0.231 e. The number of fused-ring (bicyclic) bond motifs is 1. The van der Waals surface area contributed by atoms with Gasteiger partial charge in [0.15, 0.2) is 0 Å². The van der Waals surface area contributed by atoms with Gasteiger partial charge in [-0.2, -0.15) is 0 Å². The second kappa shape index (κ2) is 6.87. The molecule has 0 spiro atoms. The first-order valence-electron chi connectivity index (χ1n) is 10.1. The lowest BCUT2D eigenvalue weighted by Gasteiger charge is -2.40. The van der Waals surface area contributed by atoms with Crippen LogP contribution in [0.25, 0.3) is 0 Å². The number of aliphatic hydroxyl groups is 1. The van der Waals surface area contributed by atoms with Crippen molar-refractivity contribution >= 4 is 11.7 Å². The van der Waals surface area contributed by atoms with E-state index in [1.807, 2.05) is 51.9 Å². The summed E-state index contributed by atoms with van der Waals surface area (Å²) in [6, 6.07) is 13.5. The van der Waals surface area contributed by atoms with Gasteiger partial charge < -0.3 is 14.6 Å². The summed E-state index contributed by atoms with van der Waals surface area (Å²) in [5.41, 5.74) is 2.31. The van der Waals surface area contributed by atoms with Crippen molar-refractivity contribution in [2.75, 3.05) is 26.2 Å². The van der Waals surface area contributed by atoms with E-state index in [0.29, 0.717) is 23.8 Å². The van der Waals surface area contributed by atoms with Crippen molar-refractivity contribution in [2.24, 2.45) is 0 Å². The van der Waals surface area contributed by atoms with E-state index in [1.54, 1.807) is 0 Å². The number of hydrogen-bond acceptors (Lipinski definition) is 4. The third-order valence-corrected chi connectivity index (χ3v) is 6.46. The van der Waals surface area contributed by atoms with E-state index in [0.717, 1.165) is 44.7 Å². The van der Waals surface area contributed by atoms with Gasteiger partial charge in [-0.05, 0) is 25.0 Å². The van der Waals surface area contributed by atoms with Crippen LogP contribution in [0.3, 0.4) is 0 Å². The lowest BCUT2D eigenvalue weighted by molar-refractivity contribution is -0.132. The summed E-state index contributed by atoms with van der Waals surface area (Å²) in [6.45, 7) is 3.69. The van der Waals surface area contributed by atoms with Crippen LogP contribution in [-0.2, 0) is 11.3 Å². The van der Waals surface area contributed by atoms with E-state index in [2.05, 4.69) is 4.90 Å². The number of β-amino-alcohol motifs (C(OH)–C–C–N with tert-alkyl or cyclic N) is 1. The number of carbonyl (C=O) groups is 2. The molecule has 1 aromatic carbocycles. The van der Waals surface area contributed by atoms with Gasteiger partial charge >= 0.3 is 0 Å². The molecule has 146 valence electrons. The van der Waals surface area contributed by atoms with Crippen molar-refractivity contribution in [3.05, 3.63) is 59.4 Å². The van der Waals surface area contributed by atoms with Crippen LogP contribution >= 0.6 is 0 Å². The third kappa shape index (κ3) is 2.88. The van der Waals surface area contributed by atoms with Gasteiger partial charge in [-0.25, -0.2) is 0 Å². The molecule has 1 amide bonds. The predicted octanol–water partition coefficient (Wildman–Crippen LogP) is 1.48. The van der Waals surface area contributed by atoms with Crippen LogP contribution < -0.4 is 0 Å². The van der Waals surface area contributed by atoms with E-state index in [4.69, 9.17) is 0 Å². The molecule has 6 heteroatoms. The van der Waals surface area contributed by atoms with E-state index in [-0.39, 0.29) is 23.7 Å². The number of carbonyl (C=O) groups excluding carboxylic acids is 2. The van der Waals surface area contributed by atoms with Crippen LogP contribution in [-0.4, -0.2) is 69.5 Å².